The van der Waals surface area contributed by atoms with Crippen molar-refractivity contribution in [3.05, 3.63) is 91.3 Å². The standard InChI is InChI=1S/C23H17Cl5N4O/c24-14-3-1-13(2-4-14)22-11-17(31-32(22)21-8-5-15(25)9-20(21)28)12-29-23(33)30-16-6-7-18(26)19(27)10-16/h1-10,22H,11-12H2,(H2,29,30,33). The molecule has 1 heterocycles. The van der Waals surface area contributed by atoms with Gasteiger partial charge in [-0.1, -0.05) is 70.1 Å². The van der Waals surface area contributed by atoms with Gasteiger partial charge in [0.15, 0.2) is 0 Å². The van der Waals surface area contributed by atoms with E-state index < -0.39 is 0 Å². The van der Waals surface area contributed by atoms with Gasteiger partial charge in [0.05, 0.1) is 39.1 Å². The quantitative estimate of drug-likeness (QED) is 0.342. The Labute approximate surface area is 216 Å². The van der Waals surface area contributed by atoms with E-state index in [0.717, 1.165) is 17.0 Å². The first-order valence-electron chi connectivity index (χ1n) is 9.86. The van der Waals surface area contributed by atoms with Gasteiger partial charge in [-0.2, -0.15) is 5.10 Å². The van der Waals surface area contributed by atoms with Crippen LogP contribution in [-0.4, -0.2) is 18.3 Å². The molecule has 1 unspecified atom stereocenters. The van der Waals surface area contributed by atoms with Gasteiger partial charge in [-0.05, 0) is 54.1 Å². The number of carbonyl (C=O) groups is 1. The van der Waals surface area contributed by atoms with Crippen molar-refractivity contribution < 1.29 is 4.79 Å². The number of carbonyl (C=O) groups excluding carboxylic acids is 1. The van der Waals surface area contributed by atoms with Crippen molar-refractivity contribution in [1.82, 2.24) is 5.32 Å². The Morgan fingerprint density at radius 1 is 0.879 bits per heavy atom. The molecule has 33 heavy (non-hydrogen) atoms. The molecule has 3 aromatic rings. The van der Waals surface area contributed by atoms with Crippen molar-refractivity contribution in [2.24, 2.45) is 5.10 Å². The SMILES string of the molecule is O=C(NCC1=NN(c2ccc(Cl)cc2Cl)C(c2ccc(Cl)cc2)C1)Nc1ccc(Cl)c(Cl)c1. The Hall–Kier alpha value is -2.15. The highest BCUT2D eigenvalue weighted by Gasteiger charge is 2.30. The largest absolute Gasteiger partial charge is 0.332 e. The summed E-state index contributed by atoms with van der Waals surface area (Å²) in [5.74, 6) is 0. The lowest BCUT2D eigenvalue weighted by atomic mass is 10.0. The molecule has 10 heteroatoms. The van der Waals surface area contributed by atoms with Crippen LogP contribution in [0.5, 0.6) is 0 Å². The molecule has 0 saturated heterocycles. The van der Waals surface area contributed by atoms with Gasteiger partial charge in [-0.25, -0.2) is 4.79 Å². The van der Waals surface area contributed by atoms with E-state index in [4.69, 9.17) is 63.1 Å². The summed E-state index contributed by atoms with van der Waals surface area (Å²) in [5, 5.41) is 14.6. The Morgan fingerprint density at radius 3 is 2.30 bits per heavy atom. The first-order chi connectivity index (χ1) is 15.8. The average molecular weight is 543 g/mol. The second kappa shape index (κ2) is 10.4. The topological polar surface area (TPSA) is 56.7 Å². The number of rotatable bonds is 5. The van der Waals surface area contributed by atoms with E-state index >= 15 is 0 Å². The highest BCUT2D eigenvalue weighted by atomic mass is 35.5. The molecule has 0 radical (unpaired) electrons. The highest BCUT2D eigenvalue weighted by molar-refractivity contribution is 6.42. The summed E-state index contributed by atoms with van der Waals surface area (Å²) in [4.78, 5) is 12.4. The number of hydrogen-bond donors (Lipinski definition) is 2. The first kappa shape index (κ1) is 24.0. The monoisotopic (exact) mass is 540 g/mol. The maximum atomic E-state index is 12.4. The summed E-state index contributed by atoms with van der Waals surface area (Å²) in [7, 11) is 0. The van der Waals surface area contributed by atoms with E-state index in [1.165, 1.54) is 0 Å². The van der Waals surface area contributed by atoms with E-state index in [9.17, 15) is 4.79 Å². The average Bonchev–Trinajstić information content (AvgIpc) is 3.19. The van der Waals surface area contributed by atoms with Gasteiger partial charge in [0.25, 0.3) is 0 Å². The molecule has 0 aromatic heterocycles. The van der Waals surface area contributed by atoms with E-state index in [2.05, 4.69) is 10.6 Å². The molecule has 0 aliphatic carbocycles. The molecule has 0 spiro atoms. The molecule has 1 atom stereocenters. The number of anilines is 2. The summed E-state index contributed by atoms with van der Waals surface area (Å²) < 4.78 is 0. The Kier molecular flexibility index (Phi) is 7.57. The number of nitrogens with one attached hydrogen (secondary N) is 2. The van der Waals surface area contributed by atoms with Crippen LogP contribution in [0.4, 0.5) is 16.2 Å². The Morgan fingerprint density at radius 2 is 1.61 bits per heavy atom. The number of halogens is 5. The van der Waals surface area contributed by atoms with Crippen LogP contribution in [0.3, 0.4) is 0 Å². The van der Waals surface area contributed by atoms with Gasteiger partial charge in [-0.15, -0.1) is 0 Å². The fourth-order valence-corrected chi connectivity index (χ4v) is 4.36. The molecule has 2 amide bonds. The third-order valence-electron chi connectivity index (χ3n) is 5.02. The van der Waals surface area contributed by atoms with Crippen LogP contribution in [0.1, 0.15) is 18.0 Å². The normalized spacial score (nSPS) is 15.4. The summed E-state index contributed by atoms with van der Waals surface area (Å²) in [5.41, 5.74) is 3.05. The molecule has 1 aliphatic rings. The lowest BCUT2D eigenvalue weighted by Crippen LogP contribution is -2.33. The lowest BCUT2D eigenvalue weighted by molar-refractivity contribution is 0.253. The van der Waals surface area contributed by atoms with Crippen molar-refractivity contribution in [2.75, 3.05) is 16.9 Å². The minimum Gasteiger partial charge on any atom is -0.332 e. The second-order valence-corrected chi connectivity index (χ2v) is 9.41. The maximum absolute atomic E-state index is 12.4. The number of hydrogen-bond acceptors (Lipinski definition) is 3. The van der Waals surface area contributed by atoms with Crippen molar-refractivity contribution in [3.8, 4) is 0 Å². The van der Waals surface area contributed by atoms with Gasteiger partial charge in [0.2, 0.25) is 0 Å². The lowest BCUT2D eigenvalue weighted by Gasteiger charge is -2.25. The molecular formula is C23H17Cl5N4O. The van der Waals surface area contributed by atoms with Crippen molar-refractivity contribution >= 4 is 81.1 Å². The summed E-state index contributed by atoms with van der Waals surface area (Å²) >= 11 is 30.5. The molecule has 0 bridgehead atoms. The van der Waals surface area contributed by atoms with Crippen molar-refractivity contribution in [2.45, 2.75) is 12.5 Å². The van der Waals surface area contributed by atoms with Crippen LogP contribution in [0, 0.1) is 0 Å². The molecule has 5 nitrogen and oxygen atoms in total. The maximum Gasteiger partial charge on any atom is 0.319 e. The van der Waals surface area contributed by atoms with Gasteiger partial charge < -0.3 is 10.6 Å². The van der Waals surface area contributed by atoms with Crippen LogP contribution in [0.25, 0.3) is 0 Å². The zero-order chi connectivity index (χ0) is 23.5. The van der Waals surface area contributed by atoms with Crippen LogP contribution < -0.4 is 15.6 Å². The molecule has 2 N–H and O–H groups in total. The minimum atomic E-state index is -0.387. The molecule has 1 aliphatic heterocycles. The van der Waals surface area contributed by atoms with E-state index in [0.29, 0.717) is 37.2 Å². The van der Waals surface area contributed by atoms with Crippen LogP contribution in [0.2, 0.25) is 25.1 Å². The van der Waals surface area contributed by atoms with E-state index in [-0.39, 0.29) is 18.6 Å². The second-order valence-electron chi connectivity index (χ2n) is 7.31. The van der Waals surface area contributed by atoms with Crippen LogP contribution in [0.15, 0.2) is 65.8 Å². The molecular weight excluding hydrogens is 526 g/mol. The molecule has 4 rings (SSSR count). The van der Waals surface area contributed by atoms with E-state index in [1.54, 1.807) is 30.3 Å². The number of hydrazone groups is 1. The predicted molar refractivity (Wildman–Crippen MR) is 139 cm³/mol. The zero-order valence-electron chi connectivity index (χ0n) is 17.0. The molecule has 0 fully saturated rings. The predicted octanol–water partition coefficient (Wildman–Crippen LogP) is 8.08. The van der Waals surface area contributed by atoms with Crippen molar-refractivity contribution in [3.63, 3.8) is 0 Å². The molecule has 3 aromatic carbocycles. The number of nitrogens with zero attached hydrogens (tertiary/aromatic N) is 2. The molecule has 0 saturated carbocycles. The van der Waals surface area contributed by atoms with Gasteiger partial charge >= 0.3 is 6.03 Å². The summed E-state index contributed by atoms with van der Waals surface area (Å²) in [6.07, 6.45) is 0.591. The molecule has 170 valence electrons. The fourth-order valence-electron chi connectivity index (χ4n) is 3.44. The minimum absolute atomic E-state index is 0.115. The first-order valence-corrected chi connectivity index (χ1v) is 11.7. The summed E-state index contributed by atoms with van der Waals surface area (Å²) in [6, 6.07) is 17.2. The van der Waals surface area contributed by atoms with Crippen LogP contribution >= 0.6 is 58.0 Å². The highest BCUT2D eigenvalue weighted by Crippen LogP contribution is 2.39. The Balaban J connectivity index is 1.50. The number of amides is 2. The van der Waals surface area contributed by atoms with Gasteiger partial charge in [-0.3, -0.25) is 5.01 Å². The third kappa shape index (κ3) is 5.86. The number of benzene rings is 3. The number of urea groups is 1. The van der Waals surface area contributed by atoms with Gasteiger partial charge in [0.1, 0.15) is 0 Å². The van der Waals surface area contributed by atoms with Crippen LogP contribution in [-0.2, 0) is 0 Å². The zero-order valence-corrected chi connectivity index (χ0v) is 20.7. The van der Waals surface area contributed by atoms with E-state index in [1.807, 2.05) is 35.3 Å². The smallest absolute Gasteiger partial charge is 0.319 e. The fraction of sp³-hybridized carbons (Fsp3) is 0.130. The Bertz CT molecular complexity index is 1220. The van der Waals surface area contributed by atoms with Gasteiger partial charge in [0, 0.05) is 22.2 Å². The summed E-state index contributed by atoms with van der Waals surface area (Å²) in [6.45, 7) is 0.249. The third-order valence-corrected chi connectivity index (χ3v) is 6.54. The van der Waals surface area contributed by atoms with Crippen molar-refractivity contribution in [1.29, 1.82) is 0 Å².